The predicted octanol–water partition coefficient (Wildman–Crippen LogP) is 2.67. The van der Waals surface area contributed by atoms with Gasteiger partial charge in [0.25, 0.3) is 0 Å². The number of hydrogen-bond donors (Lipinski definition) is 2. The Kier molecular flexibility index (Phi) is 9.02. The van der Waals surface area contributed by atoms with Gasteiger partial charge >= 0.3 is 0 Å². The number of amides is 1. The summed E-state index contributed by atoms with van der Waals surface area (Å²) in [5.41, 5.74) is 0. The van der Waals surface area contributed by atoms with E-state index in [1.807, 2.05) is 25.4 Å². The van der Waals surface area contributed by atoms with Gasteiger partial charge in [0.05, 0.1) is 12.6 Å². The minimum absolute atomic E-state index is 0. The van der Waals surface area contributed by atoms with Crippen molar-refractivity contribution in [2.75, 3.05) is 33.2 Å². The first-order chi connectivity index (χ1) is 10.2. The van der Waals surface area contributed by atoms with Gasteiger partial charge in [-0.05, 0) is 70.2 Å². The molecule has 1 fully saturated rings. The fourth-order valence-corrected chi connectivity index (χ4v) is 3.62. The van der Waals surface area contributed by atoms with Gasteiger partial charge in [-0.1, -0.05) is 6.07 Å². The van der Waals surface area contributed by atoms with E-state index >= 15 is 0 Å². The maximum atomic E-state index is 12.1. The van der Waals surface area contributed by atoms with Gasteiger partial charge in [-0.25, -0.2) is 0 Å². The highest BCUT2D eigenvalue weighted by atomic mass is 35.5. The molecule has 6 heteroatoms. The minimum Gasteiger partial charge on any atom is -0.348 e. The third-order valence-electron chi connectivity index (χ3n) is 4.22. The van der Waals surface area contributed by atoms with Crippen LogP contribution in [0.25, 0.3) is 0 Å². The Morgan fingerprint density at radius 1 is 1.45 bits per heavy atom. The normalized spacial score (nSPS) is 17.7. The monoisotopic (exact) mass is 345 g/mol. The number of piperidine rings is 1. The van der Waals surface area contributed by atoms with Gasteiger partial charge in [-0.3, -0.25) is 9.69 Å². The zero-order valence-corrected chi connectivity index (χ0v) is 15.1. The lowest BCUT2D eigenvalue weighted by atomic mass is 9.93. The highest BCUT2D eigenvalue weighted by Gasteiger charge is 2.21. The Balaban J connectivity index is 0.00000242. The molecule has 1 saturated heterocycles. The van der Waals surface area contributed by atoms with E-state index < -0.39 is 0 Å². The zero-order valence-electron chi connectivity index (χ0n) is 13.5. The largest absolute Gasteiger partial charge is 0.348 e. The van der Waals surface area contributed by atoms with Crippen molar-refractivity contribution < 1.29 is 4.79 Å². The Bertz CT molecular complexity index is 419. The molecule has 2 heterocycles. The minimum atomic E-state index is 0. The van der Waals surface area contributed by atoms with Gasteiger partial charge in [0.15, 0.2) is 0 Å². The van der Waals surface area contributed by atoms with Gasteiger partial charge in [0, 0.05) is 4.88 Å². The van der Waals surface area contributed by atoms with Crippen molar-refractivity contribution in [2.45, 2.75) is 32.2 Å². The molecule has 1 aromatic heterocycles. The van der Waals surface area contributed by atoms with Crippen LogP contribution in [0.5, 0.6) is 0 Å². The molecular weight excluding hydrogens is 318 g/mol. The molecule has 0 aromatic carbocycles. The highest BCUT2D eigenvalue weighted by Crippen LogP contribution is 2.20. The van der Waals surface area contributed by atoms with E-state index in [4.69, 9.17) is 0 Å². The Morgan fingerprint density at radius 2 is 2.18 bits per heavy atom. The van der Waals surface area contributed by atoms with Crippen molar-refractivity contribution in [1.82, 2.24) is 15.5 Å². The topological polar surface area (TPSA) is 44.4 Å². The zero-order chi connectivity index (χ0) is 15.1. The Morgan fingerprint density at radius 3 is 2.77 bits per heavy atom. The van der Waals surface area contributed by atoms with Crippen molar-refractivity contribution >= 4 is 29.7 Å². The second-order valence-electron chi connectivity index (χ2n) is 5.92. The van der Waals surface area contributed by atoms with E-state index in [1.54, 1.807) is 11.3 Å². The van der Waals surface area contributed by atoms with Crippen LogP contribution in [0.4, 0.5) is 0 Å². The van der Waals surface area contributed by atoms with E-state index in [0.29, 0.717) is 6.54 Å². The number of thiophene rings is 1. The average Bonchev–Trinajstić information content (AvgIpc) is 3.01. The van der Waals surface area contributed by atoms with E-state index in [2.05, 4.69) is 21.6 Å². The first kappa shape index (κ1) is 19.4. The second-order valence-corrected chi connectivity index (χ2v) is 6.90. The maximum Gasteiger partial charge on any atom is 0.234 e. The molecule has 126 valence electrons. The maximum absolute atomic E-state index is 12.1. The lowest BCUT2D eigenvalue weighted by Crippen LogP contribution is -2.42. The van der Waals surface area contributed by atoms with Crippen LogP contribution in [-0.2, 0) is 4.79 Å². The predicted molar refractivity (Wildman–Crippen MR) is 95.8 cm³/mol. The van der Waals surface area contributed by atoms with Gasteiger partial charge in [0.2, 0.25) is 5.91 Å². The number of hydrogen-bond acceptors (Lipinski definition) is 4. The summed E-state index contributed by atoms with van der Waals surface area (Å²) in [4.78, 5) is 15.6. The highest BCUT2D eigenvalue weighted by molar-refractivity contribution is 7.10. The quantitative estimate of drug-likeness (QED) is 0.798. The van der Waals surface area contributed by atoms with Gasteiger partial charge in [-0.2, -0.15) is 0 Å². The second kappa shape index (κ2) is 10.2. The Hall–Kier alpha value is -0.620. The summed E-state index contributed by atoms with van der Waals surface area (Å²) in [5.74, 6) is 0.964. The lowest BCUT2D eigenvalue weighted by Gasteiger charge is -2.31. The number of nitrogens with zero attached hydrogens (tertiary/aromatic N) is 1. The summed E-state index contributed by atoms with van der Waals surface area (Å²) >= 11 is 1.69. The molecule has 0 aliphatic carbocycles. The number of halogens is 1. The third-order valence-corrected chi connectivity index (χ3v) is 5.28. The molecule has 2 rings (SSSR count). The van der Waals surface area contributed by atoms with Crippen LogP contribution >= 0.6 is 23.7 Å². The molecule has 1 aliphatic rings. The summed E-state index contributed by atoms with van der Waals surface area (Å²) in [6.07, 6.45) is 3.69. The number of likely N-dealkylation sites (tertiary alicyclic amines) is 1. The molecule has 4 nitrogen and oxygen atoms in total. The van der Waals surface area contributed by atoms with Crippen LogP contribution in [-0.4, -0.2) is 44.0 Å². The molecule has 2 N–H and O–H groups in total. The van der Waals surface area contributed by atoms with E-state index in [1.165, 1.54) is 24.1 Å². The smallest absolute Gasteiger partial charge is 0.234 e. The van der Waals surface area contributed by atoms with Crippen molar-refractivity contribution in [3.05, 3.63) is 22.4 Å². The molecule has 0 saturated carbocycles. The molecule has 0 radical (unpaired) electrons. The SMILES string of the molecule is CNCCC1CCN(CC(=O)NC(C)c2cccs2)CC1.Cl. The van der Waals surface area contributed by atoms with Gasteiger partial charge < -0.3 is 10.6 Å². The molecular formula is C16H28ClN3OS. The van der Waals surface area contributed by atoms with Crippen molar-refractivity contribution in [3.8, 4) is 0 Å². The summed E-state index contributed by atoms with van der Waals surface area (Å²) in [5, 5.41) is 8.36. The molecule has 22 heavy (non-hydrogen) atoms. The molecule has 1 unspecified atom stereocenters. The molecule has 1 aromatic rings. The fourth-order valence-electron chi connectivity index (χ4n) is 2.88. The van der Waals surface area contributed by atoms with Crippen LogP contribution in [0.1, 0.15) is 37.1 Å². The standard InChI is InChI=1S/C16H27N3OS.ClH/c1-13(15-4-3-11-21-15)18-16(20)12-19-9-6-14(7-10-19)5-8-17-2;/h3-4,11,13-14,17H,5-10,12H2,1-2H3,(H,18,20);1H. The van der Waals surface area contributed by atoms with Crippen LogP contribution in [0.2, 0.25) is 0 Å². The van der Waals surface area contributed by atoms with E-state index in [-0.39, 0.29) is 24.4 Å². The lowest BCUT2D eigenvalue weighted by molar-refractivity contribution is -0.123. The van der Waals surface area contributed by atoms with Crippen molar-refractivity contribution in [2.24, 2.45) is 5.92 Å². The molecule has 1 atom stereocenters. The number of carbonyl (C=O) groups excluding carboxylic acids is 1. The third kappa shape index (κ3) is 6.24. The fraction of sp³-hybridized carbons (Fsp3) is 0.688. The Labute approximate surface area is 144 Å². The van der Waals surface area contributed by atoms with Crippen LogP contribution in [0.3, 0.4) is 0 Å². The molecule has 1 aliphatic heterocycles. The van der Waals surface area contributed by atoms with Crippen LogP contribution in [0.15, 0.2) is 17.5 Å². The number of rotatable bonds is 7. The average molecular weight is 346 g/mol. The number of carbonyl (C=O) groups is 1. The summed E-state index contributed by atoms with van der Waals surface area (Å²) in [6, 6.07) is 4.22. The van der Waals surface area contributed by atoms with Crippen LogP contribution in [0, 0.1) is 5.92 Å². The van der Waals surface area contributed by atoms with Gasteiger partial charge in [0.1, 0.15) is 0 Å². The molecule has 1 amide bonds. The molecule has 0 bridgehead atoms. The summed E-state index contributed by atoms with van der Waals surface area (Å²) < 4.78 is 0. The van der Waals surface area contributed by atoms with Gasteiger partial charge in [-0.15, -0.1) is 23.7 Å². The summed E-state index contributed by atoms with van der Waals surface area (Å²) in [7, 11) is 2.01. The van der Waals surface area contributed by atoms with E-state index in [9.17, 15) is 4.79 Å². The first-order valence-corrected chi connectivity index (χ1v) is 8.76. The van der Waals surface area contributed by atoms with Crippen molar-refractivity contribution in [1.29, 1.82) is 0 Å². The first-order valence-electron chi connectivity index (χ1n) is 7.88. The van der Waals surface area contributed by atoms with Crippen LogP contribution < -0.4 is 10.6 Å². The summed E-state index contributed by atoms with van der Waals surface area (Å²) in [6.45, 7) is 5.79. The van der Waals surface area contributed by atoms with Crippen molar-refractivity contribution in [3.63, 3.8) is 0 Å². The van der Waals surface area contributed by atoms with E-state index in [0.717, 1.165) is 25.6 Å². The molecule has 0 spiro atoms. The number of nitrogens with one attached hydrogen (secondary N) is 2.